The number of carbonyl (C=O) groups is 2. The van der Waals surface area contributed by atoms with Crippen LogP contribution in [0.4, 0.5) is 0 Å². The van der Waals surface area contributed by atoms with Crippen LogP contribution in [0.2, 0.25) is 0 Å². The highest BCUT2D eigenvalue weighted by Crippen LogP contribution is 2.33. The molecular weight excluding hydrogens is 296 g/mol. The van der Waals surface area contributed by atoms with Gasteiger partial charge in [-0.15, -0.1) is 0 Å². The van der Waals surface area contributed by atoms with E-state index in [-0.39, 0.29) is 24.5 Å². The molecule has 0 radical (unpaired) electrons. The number of aromatic nitrogens is 2. The van der Waals surface area contributed by atoms with E-state index in [0.717, 1.165) is 25.1 Å². The van der Waals surface area contributed by atoms with E-state index in [1.54, 1.807) is 6.20 Å². The lowest BCUT2D eigenvalue weighted by atomic mass is 9.85. The Morgan fingerprint density at radius 2 is 2.04 bits per heavy atom. The van der Waals surface area contributed by atoms with Crippen molar-refractivity contribution in [1.29, 1.82) is 0 Å². The molecule has 23 heavy (non-hydrogen) atoms. The summed E-state index contributed by atoms with van der Waals surface area (Å²) in [5, 5.41) is 12.0. The summed E-state index contributed by atoms with van der Waals surface area (Å²) in [5.74, 6) is -0.341. The van der Waals surface area contributed by atoms with Gasteiger partial charge in [-0.3, -0.25) is 19.5 Å². The van der Waals surface area contributed by atoms with Gasteiger partial charge >= 0.3 is 5.97 Å². The summed E-state index contributed by atoms with van der Waals surface area (Å²) in [4.78, 5) is 33.3. The molecule has 0 unspecified atom stereocenters. The van der Waals surface area contributed by atoms with Crippen LogP contribution in [0.1, 0.15) is 41.9 Å². The van der Waals surface area contributed by atoms with E-state index >= 15 is 0 Å². The van der Waals surface area contributed by atoms with Gasteiger partial charge in [0.05, 0.1) is 18.4 Å². The highest BCUT2D eigenvalue weighted by atomic mass is 16.4. The number of hydrogen-bond acceptors (Lipinski definition) is 5. The number of aliphatic carboxylic acids is 1. The predicted molar refractivity (Wildman–Crippen MR) is 83.0 cm³/mol. The molecule has 1 aromatic heterocycles. The zero-order valence-electron chi connectivity index (χ0n) is 13.2. The largest absolute Gasteiger partial charge is 0.480 e. The number of carbonyl (C=O) groups excluding carboxylic acids is 1. The molecule has 2 saturated carbocycles. The van der Waals surface area contributed by atoms with Crippen LogP contribution in [-0.4, -0.2) is 57.0 Å². The number of carboxylic acid groups (broad SMARTS) is 1. The smallest absolute Gasteiger partial charge is 0.317 e. The van der Waals surface area contributed by atoms with Crippen LogP contribution < -0.4 is 5.32 Å². The number of amides is 1. The molecule has 7 nitrogen and oxygen atoms in total. The highest BCUT2D eigenvalue weighted by Gasteiger charge is 2.37. The first-order valence-electron chi connectivity index (χ1n) is 8.06. The number of nitrogens with zero attached hydrogens (tertiary/aromatic N) is 3. The Hall–Kier alpha value is -2.02. The van der Waals surface area contributed by atoms with Gasteiger partial charge in [0.15, 0.2) is 0 Å². The SMILES string of the molecule is Cc1cnc(C(=O)NC2CC(N(CC(=O)O)CC3CC3)C2)cn1. The molecule has 2 N–H and O–H groups in total. The Morgan fingerprint density at radius 1 is 1.30 bits per heavy atom. The summed E-state index contributed by atoms with van der Waals surface area (Å²) in [5.41, 5.74) is 1.09. The second-order valence-corrected chi connectivity index (χ2v) is 6.61. The zero-order valence-corrected chi connectivity index (χ0v) is 13.2. The predicted octanol–water partition coefficient (Wildman–Crippen LogP) is 0.842. The maximum Gasteiger partial charge on any atom is 0.317 e. The normalized spacial score (nSPS) is 23.4. The molecule has 0 aromatic carbocycles. The zero-order chi connectivity index (χ0) is 16.4. The first-order chi connectivity index (χ1) is 11.0. The van der Waals surface area contributed by atoms with E-state index in [2.05, 4.69) is 15.3 Å². The summed E-state index contributed by atoms with van der Waals surface area (Å²) in [6.07, 6.45) is 7.05. The fourth-order valence-corrected chi connectivity index (χ4v) is 2.92. The average molecular weight is 318 g/mol. The molecule has 1 heterocycles. The third-order valence-electron chi connectivity index (χ3n) is 4.51. The fraction of sp³-hybridized carbons (Fsp3) is 0.625. The van der Waals surface area contributed by atoms with Gasteiger partial charge in [0.25, 0.3) is 5.91 Å². The van der Waals surface area contributed by atoms with Gasteiger partial charge in [-0.05, 0) is 38.5 Å². The van der Waals surface area contributed by atoms with Gasteiger partial charge < -0.3 is 10.4 Å². The summed E-state index contributed by atoms with van der Waals surface area (Å²) in [6.45, 7) is 2.77. The topological polar surface area (TPSA) is 95.4 Å². The van der Waals surface area contributed by atoms with Crippen molar-refractivity contribution in [2.75, 3.05) is 13.1 Å². The van der Waals surface area contributed by atoms with E-state index in [0.29, 0.717) is 11.6 Å². The van der Waals surface area contributed by atoms with Crippen LogP contribution in [0.25, 0.3) is 0 Å². The minimum Gasteiger partial charge on any atom is -0.480 e. The van der Waals surface area contributed by atoms with Crippen LogP contribution in [0.3, 0.4) is 0 Å². The second-order valence-electron chi connectivity index (χ2n) is 6.61. The molecule has 0 atom stereocenters. The van der Waals surface area contributed by atoms with Crippen molar-refractivity contribution in [2.24, 2.45) is 5.92 Å². The molecule has 2 aliphatic rings. The Kier molecular flexibility index (Phi) is 4.56. The van der Waals surface area contributed by atoms with Crippen LogP contribution in [0.15, 0.2) is 12.4 Å². The van der Waals surface area contributed by atoms with Gasteiger partial charge in [-0.1, -0.05) is 0 Å². The third-order valence-corrected chi connectivity index (χ3v) is 4.51. The van der Waals surface area contributed by atoms with E-state index in [9.17, 15) is 9.59 Å². The standard InChI is InChI=1S/C16H22N4O3/c1-10-6-18-14(7-17-10)16(23)19-12-4-13(5-12)20(9-15(21)22)8-11-2-3-11/h6-7,11-13H,2-5,8-9H2,1H3,(H,19,23)(H,21,22). The van der Waals surface area contributed by atoms with E-state index in [4.69, 9.17) is 5.11 Å². The van der Waals surface area contributed by atoms with Crippen molar-refractivity contribution in [2.45, 2.75) is 44.7 Å². The lowest BCUT2D eigenvalue weighted by Gasteiger charge is -2.42. The average Bonchev–Trinajstić information content (AvgIpc) is 3.25. The molecule has 0 spiro atoms. The number of carboxylic acids is 1. The van der Waals surface area contributed by atoms with Crippen molar-refractivity contribution >= 4 is 11.9 Å². The van der Waals surface area contributed by atoms with Crippen molar-refractivity contribution in [1.82, 2.24) is 20.2 Å². The van der Waals surface area contributed by atoms with Gasteiger partial charge in [0, 0.05) is 24.8 Å². The lowest BCUT2D eigenvalue weighted by molar-refractivity contribution is -0.139. The first kappa shape index (κ1) is 15.9. The first-order valence-corrected chi connectivity index (χ1v) is 8.06. The molecule has 0 aliphatic heterocycles. The van der Waals surface area contributed by atoms with Crippen LogP contribution in [0.5, 0.6) is 0 Å². The fourth-order valence-electron chi connectivity index (χ4n) is 2.92. The lowest BCUT2D eigenvalue weighted by Crippen LogP contribution is -2.55. The Labute approximate surface area is 135 Å². The highest BCUT2D eigenvalue weighted by molar-refractivity contribution is 5.92. The Morgan fingerprint density at radius 3 is 2.61 bits per heavy atom. The number of aryl methyl sites for hydroxylation is 1. The maximum absolute atomic E-state index is 12.1. The van der Waals surface area contributed by atoms with Crippen LogP contribution >= 0.6 is 0 Å². The molecule has 0 bridgehead atoms. The van der Waals surface area contributed by atoms with E-state index in [1.165, 1.54) is 19.0 Å². The number of nitrogens with one attached hydrogen (secondary N) is 1. The summed E-state index contributed by atoms with van der Waals surface area (Å²) < 4.78 is 0. The molecule has 3 rings (SSSR count). The quantitative estimate of drug-likeness (QED) is 0.773. The van der Waals surface area contributed by atoms with Gasteiger partial charge in [-0.25, -0.2) is 4.98 Å². The second kappa shape index (κ2) is 6.62. The molecule has 1 aromatic rings. The molecule has 1 amide bonds. The number of rotatable bonds is 7. The molecule has 124 valence electrons. The third kappa shape index (κ3) is 4.25. The summed E-state index contributed by atoms with van der Waals surface area (Å²) >= 11 is 0. The molecule has 2 fully saturated rings. The van der Waals surface area contributed by atoms with E-state index in [1.807, 2.05) is 11.8 Å². The molecule has 0 saturated heterocycles. The Balaban J connectivity index is 1.48. The molecule has 2 aliphatic carbocycles. The minimum absolute atomic E-state index is 0.0886. The van der Waals surface area contributed by atoms with Gasteiger partial charge in [-0.2, -0.15) is 0 Å². The monoisotopic (exact) mass is 318 g/mol. The van der Waals surface area contributed by atoms with Crippen LogP contribution in [-0.2, 0) is 4.79 Å². The number of hydrogen-bond donors (Lipinski definition) is 2. The maximum atomic E-state index is 12.1. The molecular formula is C16H22N4O3. The molecule has 7 heteroatoms. The summed E-state index contributed by atoms with van der Waals surface area (Å²) in [6, 6.07) is 0.340. The van der Waals surface area contributed by atoms with Crippen molar-refractivity contribution < 1.29 is 14.7 Å². The summed E-state index contributed by atoms with van der Waals surface area (Å²) in [7, 11) is 0. The minimum atomic E-state index is -0.784. The van der Waals surface area contributed by atoms with E-state index < -0.39 is 5.97 Å². The Bertz CT molecular complexity index is 579. The van der Waals surface area contributed by atoms with Gasteiger partial charge in [0.2, 0.25) is 0 Å². The van der Waals surface area contributed by atoms with Crippen molar-refractivity contribution in [3.63, 3.8) is 0 Å². The van der Waals surface area contributed by atoms with Crippen LogP contribution in [0, 0.1) is 12.8 Å². The van der Waals surface area contributed by atoms with Crippen molar-refractivity contribution in [3.05, 3.63) is 23.8 Å². The van der Waals surface area contributed by atoms with Gasteiger partial charge in [0.1, 0.15) is 5.69 Å². The van der Waals surface area contributed by atoms with Crippen molar-refractivity contribution in [3.8, 4) is 0 Å².